The summed E-state index contributed by atoms with van der Waals surface area (Å²) in [6.07, 6.45) is 57.4. The molecular formula is C63H96O12. The van der Waals surface area contributed by atoms with E-state index in [4.69, 9.17) is 23.7 Å². The highest BCUT2D eigenvalue weighted by Gasteiger charge is 2.50. The van der Waals surface area contributed by atoms with Crippen molar-refractivity contribution in [2.24, 2.45) is 0 Å². The second kappa shape index (κ2) is 49.7. The molecule has 0 saturated carbocycles. The number of hydrogen-bond acceptors (Lipinski definition) is 11. The van der Waals surface area contributed by atoms with E-state index in [2.05, 4.69) is 130 Å². The quantitative estimate of drug-likeness (QED) is 0.0228. The van der Waals surface area contributed by atoms with Gasteiger partial charge in [-0.05, 0) is 109 Å². The van der Waals surface area contributed by atoms with Gasteiger partial charge in [-0.3, -0.25) is 14.4 Å². The Morgan fingerprint density at radius 1 is 0.453 bits per heavy atom. The van der Waals surface area contributed by atoms with Crippen LogP contribution < -0.4 is 0 Å². The summed E-state index contributed by atoms with van der Waals surface area (Å²) >= 11 is 0. The Balaban J connectivity index is 2.78. The average molecular weight is 1050 g/mol. The van der Waals surface area contributed by atoms with E-state index in [0.29, 0.717) is 19.3 Å². The minimum absolute atomic E-state index is 0.107. The number of hydrogen-bond donors (Lipinski definition) is 3. The number of allylic oxidation sites excluding steroid dienone is 21. The predicted molar refractivity (Wildman–Crippen MR) is 303 cm³/mol. The molecule has 1 saturated heterocycles. The molecule has 0 radical (unpaired) electrons. The Bertz CT molecular complexity index is 1810. The summed E-state index contributed by atoms with van der Waals surface area (Å²) in [5, 5.41) is 31.4. The molecular weight excluding hydrogens is 949 g/mol. The number of carboxylic acid groups (broad SMARTS) is 1. The van der Waals surface area contributed by atoms with Crippen LogP contribution >= 0.6 is 0 Å². The summed E-state index contributed by atoms with van der Waals surface area (Å²) < 4.78 is 28.2. The summed E-state index contributed by atoms with van der Waals surface area (Å²) in [5.74, 6) is -3.36. The van der Waals surface area contributed by atoms with Crippen molar-refractivity contribution in [2.45, 2.75) is 225 Å². The fourth-order valence-electron chi connectivity index (χ4n) is 7.53. The molecule has 0 aromatic carbocycles. The van der Waals surface area contributed by atoms with Crippen molar-refractivity contribution in [1.82, 2.24) is 0 Å². The van der Waals surface area contributed by atoms with Crippen LogP contribution in [0.15, 0.2) is 134 Å². The summed E-state index contributed by atoms with van der Waals surface area (Å²) in [6, 6.07) is 0. The van der Waals surface area contributed by atoms with Crippen molar-refractivity contribution in [3.8, 4) is 0 Å². The van der Waals surface area contributed by atoms with E-state index in [9.17, 15) is 34.5 Å². The monoisotopic (exact) mass is 1040 g/mol. The molecule has 1 fully saturated rings. The zero-order chi connectivity index (χ0) is 54.7. The Morgan fingerprint density at radius 2 is 0.840 bits per heavy atom. The lowest BCUT2D eigenvalue weighted by Gasteiger charge is -2.40. The maximum absolute atomic E-state index is 13.1. The second-order valence-electron chi connectivity index (χ2n) is 18.4. The van der Waals surface area contributed by atoms with Gasteiger partial charge in [0.25, 0.3) is 0 Å². The Morgan fingerprint density at radius 3 is 1.29 bits per heavy atom. The van der Waals surface area contributed by atoms with Crippen LogP contribution in [0.25, 0.3) is 0 Å². The minimum atomic E-state index is -1.95. The number of rotatable bonds is 45. The first kappa shape index (κ1) is 67.9. The number of carbonyl (C=O) groups excluding carboxylic acids is 3. The molecule has 0 amide bonds. The third-order valence-electron chi connectivity index (χ3n) is 11.7. The molecule has 1 aliphatic rings. The van der Waals surface area contributed by atoms with Gasteiger partial charge in [0.05, 0.1) is 13.0 Å². The topological polar surface area (TPSA) is 175 Å². The first-order valence-corrected chi connectivity index (χ1v) is 28.2. The second-order valence-corrected chi connectivity index (χ2v) is 18.4. The normalized spacial score (nSPS) is 19.2. The summed E-state index contributed by atoms with van der Waals surface area (Å²) in [7, 11) is 0. The lowest BCUT2D eigenvalue weighted by Crippen LogP contribution is -2.61. The zero-order valence-corrected chi connectivity index (χ0v) is 46.0. The van der Waals surface area contributed by atoms with Crippen LogP contribution in [0.1, 0.15) is 188 Å². The highest BCUT2D eigenvalue weighted by molar-refractivity contribution is 5.74. The molecule has 1 heterocycles. The van der Waals surface area contributed by atoms with Crippen LogP contribution in [0.4, 0.5) is 0 Å². The minimum Gasteiger partial charge on any atom is -0.479 e. The molecule has 75 heavy (non-hydrogen) atoms. The van der Waals surface area contributed by atoms with Gasteiger partial charge in [-0.15, -0.1) is 0 Å². The first-order valence-electron chi connectivity index (χ1n) is 28.2. The number of aliphatic carboxylic acids is 1. The first-order chi connectivity index (χ1) is 36.6. The van der Waals surface area contributed by atoms with Gasteiger partial charge in [-0.2, -0.15) is 0 Å². The molecule has 6 unspecified atom stereocenters. The lowest BCUT2D eigenvalue weighted by atomic mass is 9.98. The van der Waals surface area contributed by atoms with Crippen LogP contribution in [0.2, 0.25) is 0 Å². The van der Waals surface area contributed by atoms with E-state index >= 15 is 0 Å². The van der Waals surface area contributed by atoms with Gasteiger partial charge in [0, 0.05) is 12.8 Å². The maximum atomic E-state index is 13.1. The third-order valence-corrected chi connectivity index (χ3v) is 11.7. The molecule has 3 N–H and O–H groups in total. The summed E-state index contributed by atoms with van der Waals surface area (Å²) in [4.78, 5) is 51.0. The standard InChI is InChI=1S/C63H96O12/c1-4-7-10-13-16-19-22-25-27-28-30-32-34-37-40-43-46-49-55(64)71-52-54(73-56(65)50-47-44-41-38-35-31-24-21-18-15-12-9-6-3)53-72-63-61(59(68)58(67)60(75-63)62(69)70)74-57(66)51-48-45-42-39-36-33-29-26-23-20-17-14-11-8-5-2/h7-12,16-21,25-27,29,31,35-36,39,45,48,54,58-61,63,67-68H,4-6,13-15,22-24,28,30,32-34,37-38,40-44,46-47,49-53H2,1-3H3,(H,69,70)/b10-7-,11-8-,12-9-,19-16-,20-17-,21-18-,27-25-,29-26-,35-31-,39-36-,48-45-. The van der Waals surface area contributed by atoms with Crippen molar-refractivity contribution in [3.05, 3.63) is 134 Å². The van der Waals surface area contributed by atoms with Gasteiger partial charge in [0.2, 0.25) is 0 Å². The molecule has 1 rings (SSSR count). The van der Waals surface area contributed by atoms with E-state index in [1.807, 2.05) is 12.2 Å². The molecule has 0 aromatic rings. The smallest absolute Gasteiger partial charge is 0.335 e. The Hall–Kier alpha value is -5.14. The largest absolute Gasteiger partial charge is 0.479 e. The number of unbranched alkanes of at least 4 members (excludes halogenated alkanes) is 10. The van der Waals surface area contributed by atoms with Gasteiger partial charge in [-0.25, -0.2) is 4.79 Å². The SMILES string of the molecule is CC/C=C\C/C=C\C/C=C\C/C=C\C/C=C\CC(=O)OC1C(OCC(COC(=O)CCCCCCCCC/C=C\C/C=C\C/C=C\CC)OC(=O)CCCCC/C=C\C/C=C\C/C=C\CC)OC(C(=O)O)C(O)C1O. The molecule has 0 aromatic heterocycles. The van der Waals surface area contributed by atoms with Crippen molar-refractivity contribution in [1.29, 1.82) is 0 Å². The van der Waals surface area contributed by atoms with E-state index < -0.39 is 67.3 Å². The fraction of sp³-hybridized carbons (Fsp3) is 0.587. The van der Waals surface area contributed by atoms with E-state index in [1.165, 1.54) is 0 Å². The van der Waals surface area contributed by atoms with Crippen molar-refractivity contribution < 1.29 is 58.2 Å². The van der Waals surface area contributed by atoms with Crippen LogP contribution in [0.3, 0.4) is 0 Å². The van der Waals surface area contributed by atoms with Gasteiger partial charge in [-0.1, -0.05) is 193 Å². The zero-order valence-electron chi connectivity index (χ0n) is 46.0. The van der Waals surface area contributed by atoms with Crippen LogP contribution in [0.5, 0.6) is 0 Å². The van der Waals surface area contributed by atoms with Crippen LogP contribution in [-0.2, 0) is 42.9 Å². The van der Waals surface area contributed by atoms with Crippen molar-refractivity contribution in [2.75, 3.05) is 13.2 Å². The van der Waals surface area contributed by atoms with Gasteiger partial charge in [0.1, 0.15) is 18.8 Å². The number of esters is 3. The Labute approximate surface area is 451 Å². The summed E-state index contributed by atoms with van der Waals surface area (Å²) in [6.45, 7) is 5.55. The molecule has 1 aliphatic heterocycles. The van der Waals surface area contributed by atoms with Crippen LogP contribution in [-0.4, -0.2) is 89.2 Å². The van der Waals surface area contributed by atoms with Gasteiger partial charge >= 0.3 is 23.9 Å². The number of carboxylic acids is 1. The van der Waals surface area contributed by atoms with E-state index in [0.717, 1.165) is 128 Å². The predicted octanol–water partition coefficient (Wildman–Crippen LogP) is 14.2. The Kier molecular flexibility index (Phi) is 45.0. The number of carbonyl (C=O) groups is 4. The highest BCUT2D eigenvalue weighted by atomic mass is 16.7. The molecule has 6 atom stereocenters. The number of aliphatic hydroxyl groups excluding tert-OH is 2. The third kappa shape index (κ3) is 39.9. The van der Waals surface area contributed by atoms with E-state index in [1.54, 1.807) is 12.2 Å². The molecule has 420 valence electrons. The molecule has 12 nitrogen and oxygen atoms in total. The van der Waals surface area contributed by atoms with Crippen molar-refractivity contribution in [3.63, 3.8) is 0 Å². The molecule has 12 heteroatoms. The van der Waals surface area contributed by atoms with Gasteiger partial charge < -0.3 is 39.0 Å². The lowest BCUT2D eigenvalue weighted by molar-refractivity contribution is -0.301. The number of ether oxygens (including phenoxy) is 5. The van der Waals surface area contributed by atoms with Gasteiger partial charge in [0.15, 0.2) is 24.6 Å². The summed E-state index contributed by atoms with van der Waals surface area (Å²) in [5.41, 5.74) is 0. The fourth-order valence-corrected chi connectivity index (χ4v) is 7.53. The molecule has 0 aliphatic carbocycles. The average Bonchev–Trinajstić information content (AvgIpc) is 3.39. The van der Waals surface area contributed by atoms with Crippen LogP contribution in [0, 0.1) is 0 Å². The van der Waals surface area contributed by atoms with E-state index in [-0.39, 0.29) is 25.9 Å². The maximum Gasteiger partial charge on any atom is 0.335 e. The molecule has 0 spiro atoms. The number of aliphatic hydroxyl groups is 2. The molecule has 0 bridgehead atoms. The highest BCUT2D eigenvalue weighted by Crippen LogP contribution is 2.26. The van der Waals surface area contributed by atoms with Crippen molar-refractivity contribution >= 4 is 23.9 Å².